The first-order valence-corrected chi connectivity index (χ1v) is 7.80. The SMILES string of the molecule is Cc1csc2c(-c3cccc(CN(C)C)c3)cnc(N)c12. The van der Waals surface area contributed by atoms with E-state index in [0.717, 1.165) is 17.5 Å². The van der Waals surface area contributed by atoms with Crippen molar-refractivity contribution < 1.29 is 0 Å². The van der Waals surface area contributed by atoms with Gasteiger partial charge in [-0.15, -0.1) is 11.3 Å². The minimum Gasteiger partial charge on any atom is -0.383 e. The second kappa shape index (κ2) is 5.47. The predicted octanol–water partition coefficient (Wildman–Crippen LogP) is 3.92. The molecule has 0 spiro atoms. The van der Waals surface area contributed by atoms with Gasteiger partial charge in [0.05, 0.1) is 0 Å². The summed E-state index contributed by atoms with van der Waals surface area (Å²) in [5.74, 6) is 0.622. The van der Waals surface area contributed by atoms with Crippen LogP contribution in [0, 0.1) is 6.92 Å². The highest BCUT2D eigenvalue weighted by atomic mass is 32.1. The molecule has 1 aromatic carbocycles. The molecule has 0 atom stereocenters. The fraction of sp³-hybridized carbons (Fsp3) is 0.235. The molecule has 2 heterocycles. The molecule has 0 radical (unpaired) electrons. The summed E-state index contributed by atoms with van der Waals surface area (Å²) in [7, 11) is 4.16. The molecule has 0 amide bonds. The number of aryl methyl sites for hydroxylation is 1. The lowest BCUT2D eigenvalue weighted by molar-refractivity contribution is 0.402. The van der Waals surface area contributed by atoms with Gasteiger partial charge < -0.3 is 10.6 Å². The highest BCUT2D eigenvalue weighted by Crippen LogP contribution is 2.37. The van der Waals surface area contributed by atoms with E-state index >= 15 is 0 Å². The van der Waals surface area contributed by atoms with Crippen molar-refractivity contribution in [2.24, 2.45) is 0 Å². The minimum atomic E-state index is 0.622. The van der Waals surface area contributed by atoms with E-state index in [-0.39, 0.29) is 0 Å². The summed E-state index contributed by atoms with van der Waals surface area (Å²) in [6.45, 7) is 3.02. The number of nitrogen functional groups attached to an aromatic ring is 1. The Hall–Kier alpha value is -1.91. The van der Waals surface area contributed by atoms with Gasteiger partial charge in [-0.3, -0.25) is 0 Å². The van der Waals surface area contributed by atoms with E-state index in [0.29, 0.717) is 5.82 Å². The van der Waals surface area contributed by atoms with Crippen LogP contribution in [0.2, 0.25) is 0 Å². The number of pyridine rings is 1. The van der Waals surface area contributed by atoms with Crippen molar-refractivity contribution in [1.29, 1.82) is 0 Å². The van der Waals surface area contributed by atoms with Crippen LogP contribution >= 0.6 is 11.3 Å². The van der Waals surface area contributed by atoms with E-state index in [4.69, 9.17) is 5.73 Å². The summed E-state index contributed by atoms with van der Waals surface area (Å²) in [6, 6.07) is 8.64. The van der Waals surface area contributed by atoms with Gasteiger partial charge in [0.1, 0.15) is 5.82 Å². The van der Waals surface area contributed by atoms with E-state index in [1.165, 1.54) is 21.4 Å². The zero-order valence-corrected chi connectivity index (χ0v) is 13.4. The number of rotatable bonds is 3. The molecule has 2 N–H and O–H groups in total. The first kappa shape index (κ1) is 14.0. The zero-order valence-electron chi connectivity index (χ0n) is 12.6. The second-order valence-corrected chi connectivity index (χ2v) is 6.50. The van der Waals surface area contributed by atoms with Gasteiger partial charge >= 0.3 is 0 Å². The van der Waals surface area contributed by atoms with Crippen LogP contribution in [-0.4, -0.2) is 24.0 Å². The summed E-state index contributed by atoms with van der Waals surface area (Å²) in [5, 5.41) is 3.24. The maximum Gasteiger partial charge on any atom is 0.132 e. The van der Waals surface area contributed by atoms with E-state index in [9.17, 15) is 0 Å². The molecule has 108 valence electrons. The first-order chi connectivity index (χ1) is 10.1. The molecule has 0 saturated heterocycles. The maximum atomic E-state index is 6.03. The van der Waals surface area contributed by atoms with Crippen LogP contribution in [-0.2, 0) is 6.54 Å². The lowest BCUT2D eigenvalue weighted by Gasteiger charge is -2.11. The quantitative estimate of drug-likeness (QED) is 0.797. The topological polar surface area (TPSA) is 42.2 Å². The number of aromatic nitrogens is 1. The predicted molar refractivity (Wildman–Crippen MR) is 91.6 cm³/mol. The van der Waals surface area contributed by atoms with Crippen LogP contribution in [0.4, 0.5) is 5.82 Å². The monoisotopic (exact) mass is 297 g/mol. The molecule has 3 nitrogen and oxygen atoms in total. The Kier molecular flexibility index (Phi) is 3.66. The first-order valence-electron chi connectivity index (χ1n) is 6.92. The Labute approximate surface area is 129 Å². The Morgan fingerprint density at radius 2 is 2.10 bits per heavy atom. The van der Waals surface area contributed by atoms with E-state index in [1.54, 1.807) is 11.3 Å². The van der Waals surface area contributed by atoms with Gasteiger partial charge in [0.15, 0.2) is 0 Å². The molecule has 3 rings (SSSR count). The minimum absolute atomic E-state index is 0.622. The summed E-state index contributed by atoms with van der Waals surface area (Å²) in [4.78, 5) is 6.55. The molecule has 3 aromatic rings. The molecule has 2 aromatic heterocycles. The lowest BCUT2D eigenvalue weighted by Crippen LogP contribution is -2.10. The maximum absolute atomic E-state index is 6.03. The molecule has 0 saturated carbocycles. The lowest BCUT2D eigenvalue weighted by atomic mass is 10.0. The molecule has 0 aliphatic carbocycles. The van der Waals surface area contributed by atoms with E-state index in [1.807, 2.05) is 6.20 Å². The van der Waals surface area contributed by atoms with Gasteiger partial charge in [0.2, 0.25) is 0 Å². The third-order valence-corrected chi connectivity index (χ3v) is 4.68. The van der Waals surface area contributed by atoms with Crippen molar-refractivity contribution in [3.05, 3.63) is 47.0 Å². The smallest absolute Gasteiger partial charge is 0.132 e. The van der Waals surface area contributed by atoms with Crippen LogP contribution < -0.4 is 5.73 Å². The fourth-order valence-corrected chi connectivity index (χ4v) is 3.72. The van der Waals surface area contributed by atoms with Crippen LogP contribution in [0.25, 0.3) is 21.2 Å². The van der Waals surface area contributed by atoms with Gasteiger partial charge in [-0.05, 0) is 49.2 Å². The van der Waals surface area contributed by atoms with Gasteiger partial charge in [0.25, 0.3) is 0 Å². The van der Waals surface area contributed by atoms with Crippen molar-refractivity contribution in [1.82, 2.24) is 9.88 Å². The third kappa shape index (κ3) is 2.64. The number of nitrogens with zero attached hydrogens (tertiary/aromatic N) is 2. The Morgan fingerprint density at radius 3 is 2.86 bits per heavy atom. The van der Waals surface area contributed by atoms with Crippen molar-refractivity contribution in [3.8, 4) is 11.1 Å². The van der Waals surface area contributed by atoms with Crippen LogP contribution in [0.5, 0.6) is 0 Å². The number of thiophene rings is 1. The zero-order chi connectivity index (χ0) is 15.0. The largest absolute Gasteiger partial charge is 0.383 e. The standard InChI is InChI=1S/C17H19N3S/c1-11-10-21-16-14(8-19-17(18)15(11)16)13-6-4-5-12(7-13)9-20(2)3/h4-8,10H,9H2,1-3H3,(H2,18,19). The molecule has 0 aliphatic heterocycles. The Bertz CT molecular complexity index is 790. The molecule has 0 bridgehead atoms. The van der Waals surface area contributed by atoms with Gasteiger partial charge in [-0.1, -0.05) is 18.2 Å². The van der Waals surface area contributed by atoms with Crippen molar-refractivity contribution in [2.45, 2.75) is 13.5 Å². The van der Waals surface area contributed by atoms with Gasteiger partial charge in [0, 0.05) is 28.4 Å². The van der Waals surface area contributed by atoms with Crippen molar-refractivity contribution in [3.63, 3.8) is 0 Å². The average molecular weight is 297 g/mol. The fourth-order valence-electron chi connectivity index (χ4n) is 2.63. The number of benzene rings is 1. The van der Waals surface area contributed by atoms with Gasteiger partial charge in [-0.2, -0.15) is 0 Å². The van der Waals surface area contributed by atoms with Crippen LogP contribution in [0.3, 0.4) is 0 Å². The molecule has 0 aliphatic rings. The van der Waals surface area contributed by atoms with Crippen LogP contribution in [0.15, 0.2) is 35.8 Å². The van der Waals surface area contributed by atoms with Crippen molar-refractivity contribution in [2.75, 3.05) is 19.8 Å². The summed E-state index contributed by atoms with van der Waals surface area (Å²) < 4.78 is 1.22. The van der Waals surface area contributed by atoms with Gasteiger partial charge in [-0.25, -0.2) is 4.98 Å². The summed E-state index contributed by atoms with van der Waals surface area (Å²) in [6.07, 6.45) is 1.89. The normalized spacial score (nSPS) is 11.4. The average Bonchev–Trinajstić information content (AvgIpc) is 2.82. The summed E-state index contributed by atoms with van der Waals surface area (Å²) >= 11 is 1.74. The number of hydrogen-bond acceptors (Lipinski definition) is 4. The Balaban J connectivity index is 2.15. The van der Waals surface area contributed by atoms with Crippen LogP contribution in [0.1, 0.15) is 11.1 Å². The highest BCUT2D eigenvalue weighted by molar-refractivity contribution is 7.18. The molecule has 0 unspecified atom stereocenters. The number of fused-ring (bicyclic) bond motifs is 1. The van der Waals surface area contributed by atoms with Crippen molar-refractivity contribution >= 4 is 27.2 Å². The summed E-state index contributed by atoms with van der Waals surface area (Å²) in [5.41, 5.74) is 10.9. The molecular formula is C17H19N3S. The van der Waals surface area contributed by atoms with E-state index < -0.39 is 0 Å². The molecule has 21 heavy (non-hydrogen) atoms. The molecule has 4 heteroatoms. The number of hydrogen-bond donors (Lipinski definition) is 1. The second-order valence-electron chi connectivity index (χ2n) is 5.62. The molecular weight excluding hydrogens is 278 g/mol. The highest BCUT2D eigenvalue weighted by Gasteiger charge is 2.12. The number of nitrogens with two attached hydrogens (primary N) is 1. The molecule has 0 fully saturated rings. The Morgan fingerprint density at radius 1 is 1.29 bits per heavy atom. The van der Waals surface area contributed by atoms with E-state index in [2.05, 4.69) is 60.5 Å². The third-order valence-electron chi connectivity index (χ3n) is 3.55. The number of anilines is 1.